The van der Waals surface area contributed by atoms with Gasteiger partial charge >= 0.3 is 5.97 Å². The van der Waals surface area contributed by atoms with Crippen LogP contribution in [-0.2, 0) is 0 Å². The van der Waals surface area contributed by atoms with Crippen molar-refractivity contribution in [3.63, 3.8) is 0 Å². The van der Waals surface area contributed by atoms with Crippen LogP contribution in [0.5, 0.6) is 0 Å². The Balaban J connectivity index is 2.98. The largest absolute Gasteiger partial charge is 0.476 e. The fraction of sp³-hybridized carbons (Fsp3) is 0. The van der Waals surface area contributed by atoms with Gasteiger partial charge < -0.3 is 5.11 Å². The number of aromatic carboxylic acids is 1. The number of aromatic nitrogens is 1. The highest BCUT2D eigenvalue weighted by Crippen LogP contribution is 2.09. The molecule has 0 radical (unpaired) electrons. The van der Waals surface area contributed by atoms with E-state index in [0.717, 1.165) is 11.3 Å². The third-order valence-corrected chi connectivity index (χ3v) is 1.73. The first kappa shape index (κ1) is 6.88. The van der Waals surface area contributed by atoms with Gasteiger partial charge in [-0.3, -0.25) is 4.79 Å². The Bertz CT molecular complexity index is 268. The third-order valence-electron chi connectivity index (χ3n) is 0.823. The van der Waals surface area contributed by atoms with Gasteiger partial charge in [-0.05, 0) is 0 Å². The monoisotopic (exact) mass is 157 g/mol. The topological polar surface area (TPSA) is 67.3 Å². The van der Waals surface area contributed by atoms with Crippen molar-refractivity contribution in [1.29, 1.82) is 0 Å². The van der Waals surface area contributed by atoms with E-state index in [1.807, 2.05) is 0 Å². The van der Waals surface area contributed by atoms with Gasteiger partial charge in [0.1, 0.15) is 0 Å². The molecule has 10 heavy (non-hydrogen) atoms. The lowest BCUT2D eigenvalue weighted by Gasteiger charge is -1.78. The summed E-state index contributed by atoms with van der Waals surface area (Å²) in [7, 11) is 0. The summed E-state index contributed by atoms with van der Waals surface area (Å²) in [5.74, 6) is -1.10. The van der Waals surface area contributed by atoms with Crippen LogP contribution in [0.4, 0.5) is 0 Å². The van der Waals surface area contributed by atoms with Crippen molar-refractivity contribution in [2.24, 2.45) is 0 Å². The summed E-state index contributed by atoms with van der Waals surface area (Å²) in [6, 6.07) is 0. The van der Waals surface area contributed by atoms with Crippen LogP contribution in [0.15, 0.2) is 6.20 Å². The first-order chi connectivity index (χ1) is 4.74. The van der Waals surface area contributed by atoms with Gasteiger partial charge in [0.05, 0.1) is 4.88 Å². The number of hydrogen-bond acceptors (Lipinski definition) is 4. The summed E-state index contributed by atoms with van der Waals surface area (Å²) in [5, 5.41) is 8.27. The molecule has 0 aliphatic carbocycles. The zero-order chi connectivity index (χ0) is 7.56. The SMILES string of the molecule is O=Cc1cnc(C(=O)O)s1. The van der Waals surface area contributed by atoms with E-state index in [1.165, 1.54) is 6.20 Å². The summed E-state index contributed by atoms with van der Waals surface area (Å²) >= 11 is 0.862. The fourth-order valence-corrected chi connectivity index (χ4v) is 1.01. The number of nitrogens with zero attached hydrogens (tertiary/aromatic N) is 1. The smallest absolute Gasteiger partial charge is 0.365 e. The van der Waals surface area contributed by atoms with Crippen LogP contribution in [0.1, 0.15) is 19.5 Å². The third kappa shape index (κ3) is 1.19. The Hall–Kier alpha value is -1.23. The number of carbonyl (C=O) groups excluding carboxylic acids is 1. The number of aldehydes is 1. The molecule has 52 valence electrons. The Kier molecular flexibility index (Phi) is 1.77. The molecule has 5 heteroatoms. The quantitative estimate of drug-likeness (QED) is 0.640. The predicted octanol–water partition coefficient (Wildman–Crippen LogP) is 0.654. The molecule has 0 saturated heterocycles. The molecular weight excluding hydrogens is 154 g/mol. The molecule has 0 aliphatic heterocycles. The van der Waals surface area contributed by atoms with Crippen molar-refractivity contribution in [1.82, 2.24) is 4.98 Å². The summed E-state index contributed by atoms with van der Waals surface area (Å²) in [6.45, 7) is 0. The summed E-state index contributed by atoms with van der Waals surface area (Å²) in [4.78, 5) is 24.0. The molecule has 0 aliphatic rings. The lowest BCUT2D eigenvalue weighted by Crippen LogP contribution is -1.92. The molecule has 0 amide bonds. The highest BCUT2D eigenvalue weighted by Gasteiger charge is 2.07. The summed E-state index contributed by atoms with van der Waals surface area (Å²) < 4.78 is 0. The Morgan fingerprint density at radius 3 is 2.80 bits per heavy atom. The molecule has 4 nitrogen and oxygen atoms in total. The molecule has 0 spiro atoms. The minimum absolute atomic E-state index is 0.0536. The Morgan fingerprint density at radius 2 is 2.50 bits per heavy atom. The maximum absolute atomic E-state index is 10.2. The minimum Gasteiger partial charge on any atom is -0.476 e. The van der Waals surface area contributed by atoms with Gasteiger partial charge in [-0.1, -0.05) is 0 Å². The first-order valence-electron chi connectivity index (χ1n) is 2.38. The van der Waals surface area contributed by atoms with Crippen LogP contribution < -0.4 is 0 Å². The standard InChI is InChI=1S/C5H3NO3S/c7-2-3-1-6-4(10-3)5(8)9/h1-2H,(H,8,9). The van der Waals surface area contributed by atoms with Gasteiger partial charge in [-0.25, -0.2) is 9.78 Å². The van der Waals surface area contributed by atoms with E-state index >= 15 is 0 Å². The molecular formula is C5H3NO3S. The fourth-order valence-electron chi connectivity index (χ4n) is 0.440. The first-order valence-corrected chi connectivity index (χ1v) is 3.20. The van der Waals surface area contributed by atoms with E-state index in [-0.39, 0.29) is 5.01 Å². The van der Waals surface area contributed by atoms with Crippen molar-refractivity contribution >= 4 is 23.6 Å². The number of carbonyl (C=O) groups is 2. The molecule has 1 N–H and O–H groups in total. The lowest BCUT2D eigenvalue weighted by molar-refractivity contribution is 0.0696. The molecule has 0 fully saturated rings. The van der Waals surface area contributed by atoms with Crippen molar-refractivity contribution in [3.8, 4) is 0 Å². The number of carboxylic acids is 1. The predicted molar refractivity (Wildman–Crippen MR) is 34.5 cm³/mol. The van der Waals surface area contributed by atoms with Crippen LogP contribution in [-0.4, -0.2) is 22.3 Å². The number of rotatable bonds is 2. The average molecular weight is 157 g/mol. The van der Waals surface area contributed by atoms with Crippen molar-refractivity contribution < 1.29 is 14.7 Å². The van der Waals surface area contributed by atoms with E-state index < -0.39 is 5.97 Å². The molecule has 1 aromatic rings. The number of carboxylic acid groups (broad SMARTS) is 1. The highest BCUT2D eigenvalue weighted by atomic mass is 32.1. The second-order valence-electron chi connectivity index (χ2n) is 1.49. The zero-order valence-corrected chi connectivity index (χ0v) is 5.59. The summed E-state index contributed by atoms with van der Waals surface area (Å²) in [5.41, 5.74) is 0. The van der Waals surface area contributed by atoms with Gasteiger partial charge in [0.2, 0.25) is 5.01 Å². The molecule has 1 aromatic heterocycles. The maximum Gasteiger partial charge on any atom is 0.365 e. The Labute approximate surface area is 60.1 Å². The molecule has 1 heterocycles. The average Bonchev–Trinajstić information content (AvgIpc) is 2.34. The normalized spacial score (nSPS) is 9.20. The number of thiazole rings is 1. The minimum atomic E-state index is -1.10. The maximum atomic E-state index is 10.2. The molecule has 0 unspecified atom stereocenters. The number of hydrogen-bond donors (Lipinski definition) is 1. The molecule has 0 atom stereocenters. The van der Waals surface area contributed by atoms with Crippen LogP contribution in [0.2, 0.25) is 0 Å². The van der Waals surface area contributed by atoms with E-state index in [4.69, 9.17) is 5.11 Å². The van der Waals surface area contributed by atoms with Crippen molar-refractivity contribution in [3.05, 3.63) is 16.1 Å². The van der Waals surface area contributed by atoms with E-state index in [1.54, 1.807) is 0 Å². The van der Waals surface area contributed by atoms with Gasteiger partial charge in [0, 0.05) is 6.20 Å². The van der Waals surface area contributed by atoms with Crippen LogP contribution >= 0.6 is 11.3 Å². The van der Waals surface area contributed by atoms with Crippen LogP contribution in [0.3, 0.4) is 0 Å². The van der Waals surface area contributed by atoms with Gasteiger partial charge in [-0.15, -0.1) is 11.3 Å². The van der Waals surface area contributed by atoms with E-state index in [2.05, 4.69) is 4.98 Å². The van der Waals surface area contributed by atoms with Gasteiger partial charge in [0.25, 0.3) is 0 Å². The van der Waals surface area contributed by atoms with Gasteiger partial charge in [-0.2, -0.15) is 0 Å². The molecule has 0 aromatic carbocycles. The Morgan fingerprint density at radius 1 is 1.80 bits per heavy atom. The van der Waals surface area contributed by atoms with Gasteiger partial charge in [0.15, 0.2) is 6.29 Å². The van der Waals surface area contributed by atoms with E-state index in [0.29, 0.717) is 11.2 Å². The van der Waals surface area contributed by atoms with Crippen molar-refractivity contribution in [2.75, 3.05) is 0 Å². The van der Waals surface area contributed by atoms with Crippen LogP contribution in [0.25, 0.3) is 0 Å². The lowest BCUT2D eigenvalue weighted by atomic mass is 10.6. The summed E-state index contributed by atoms with van der Waals surface area (Å²) in [6.07, 6.45) is 1.81. The second-order valence-corrected chi connectivity index (χ2v) is 2.55. The van der Waals surface area contributed by atoms with Crippen molar-refractivity contribution in [2.45, 2.75) is 0 Å². The van der Waals surface area contributed by atoms with Crippen LogP contribution in [0, 0.1) is 0 Å². The second kappa shape index (κ2) is 2.57. The molecule has 1 rings (SSSR count). The zero-order valence-electron chi connectivity index (χ0n) is 4.77. The highest BCUT2D eigenvalue weighted by molar-refractivity contribution is 7.15. The van der Waals surface area contributed by atoms with E-state index in [9.17, 15) is 9.59 Å². The molecule has 0 bridgehead atoms. The molecule has 0 saturated carbocycles.